The van der Waals surface area contributed by atoms with Gasteiger partial charge in [0, 0.05) is 5.75 Å². The second-order valence-corrected chi connectivity index (χ2v) is 6.82. The van der Waals surface area contributed by atoms with E-state index in [0.29, 0.717) is 5.57 Å². The Hall–Kier alpha value is -1.58. The SMILES string of the molecule is C=C(C)C(=O)SC[C@H](NC(=O)[C@@H]([NH3+])CSC(=O)C(=C)C)C(=O)[O-]. The molecular weight excluding hydrogens is 340 g/mol. The van der Waals surface area contributed by atoms with E-state index in [9.17, 15) is 24.3 Å². The van der Waals surface area contributed by atoms with Crippen molar-refractivity contribution >= 4 is 45.6 Å². The van der Waals surface area contributed by atoms with Crippen LogP contribution in [-0.4, -0.2) is 45.7 Å². The third-order valence-corrected chi connectivity index (χ3v) is 4.76. The highest BCUT2D eigenvalue weighted by atomic mass is 32.2. The van der Waals surface area contributed by atoms with Crippen LogP contribution in [0, 0.1) is 0 Å². The Morgan fingerprint density at radius 1 is 1.04 bits per heavy atom. The first kappa shape index (κ1) is 21.4. The number of carboxylic acid groups (broad SMARTS) is 1. The zero-order chi connectivity index (χ0) is 18.2. The molecule has 0 aromatic carbocycles. The summed E-state index contributed by atoms with van der Waals surface area (Å²) in [5.74, 6) is -2.22. The van der Waals surface area contributed by atoms with Crippen LogP contribution < -0.4 is 16.2 Å². The van der Waals surface area contributed by atoms with Crippen molar-refractivity contribution in [3.05, 3.63) is 24.3 Å². The van der Waals surface area contributed by atoms with E-state index in [-0.39, 0.29) is 27.3 Å². The summed E-state index contributed by atoms with van der Waals surface area (Å²) >= 11 is 1.61. The van der Waals surface area contributed by atoms with Gasteiger partial charge in [0.1, 0.15) is 0 Å². The lowest BCUT2D eigenvalue weighted by Crippen LogP contribution is -2.70. The molecule has 1 amide bonds. The molecule has 0 aromatic heterocycles. The molecule has 128 valence electrons. The van der Waals surface area contributed by atoms with Crippen LogP contribution in [0.3, 0.4) is 0 Å². The zero-order valence-electron chi connectivity index (χ0n) is 13.0. The monoisotopic (exact) mass is 360 g/mol. The van der Waals surface area contributed by atoms with Crippen molar-refractivity contribution in [2.24, 2.45) is 0 Å². The predicted octanol–water partition coefficient (Wildman–Crippen LogP) is -1.50. The van der Waals surface area contributed by atoms with Gasteiger partial charge >= 0.3 is 0 Å². The van der Waals surface area contributed by atoms with Crippen molar-refractivity contribution in [1.29, 1.82) is 0 Å². The molecular formula is C14H20N2O5S2. The minimum absolute atomic E-state index is 0.0924. The van der Waals surface area contributed by atoms with Crippen molar-refractivity contribution < 1.29 is 30.0 Å². The number of hydrogen-bond donors (Lipinski definition) is 2. The molecule has 2 atom stereocenters. The Morgan fingerprint density at radius 2 is 1.48 bits per heavy atom. The lowest BCUT2D eigenvalue weighted by atomic mass is 10.3. The lowest BCUT2D eigenvalue weighted by molar-refractivity contribution is -0.396. The molecule has 0 saturated carbocycles. The molecule has 0 heterocycles. The number of carbonyl (C=O) groups is 4. The fourth-order valence-corrected chi connectivity index (χ4v) is 2.65. The predicted molar refractivity (Wildman–Crippen MR) is 88.2 cm³/mol. The van der Waals surface area contributed by atoms with Crippen molar-refractivity contribution in [3.63, 3.8) is 0 Å². The molecule has 0 unspecified atom stereocenters. The Bertz CT molecular complexity index is 533. The van der Waals surface area contributed by atoms with Gasteiger partial charge in [0.25, 0.3) is 5.91 Å². The first-order chi connectivity index (χ1) is 10.6. The summed E-state index contributed by atoms with van der Waals surface area (Å²) in [4.78, 5) is 45.7. The van der Waals surface area contributed by atoms with E-state index in [0.717, 1.165) is 23.5 Å². The van der Waals surface area contributed by atoms with Crippen molar-refractivity contribution in [1.82, 2.24) is 5.32 Å². The third-order valence-electron chi connectivity index (χ3n) is 2.47. The number of amides is 1. The summed E-state index contributed by atoms with van der Waals surface area (Å²) in [6.07, 6.45) is 0. The molecule has 0 aliphatic rings. The number of rotatable bonds is 9. The fourth-order valence-electron chi connectivity index (χ4n) is 1.12. The fraction of sp³-hybridized carbons (Fsp3) is 0.429. The quantitative estimate of drug-likeness (QED) is 0.479. The van der Waals surface area contributed by atoms with E-state index in [1.807, 2.05) is 0 Å². The number of nitrogens with one attached hydrogen (secondary N) is 1. The number of hydrogen-bond acceptors (Lipinski definition) is 7. The molecule has 0 aliphatic carbocycles. The number of thioether (sulfide) groups is 2. The molecule has 7 nitrogen and oxygen atoms in total. The van der Waals surface area contributed by atoms with Crippen LogP contribution in [0.4, 0.5) is 0 Å². The third kappa shape index (κ3) is 8.58. The van der Waals surface area contributed by atoms with E-state index in [4.69, 9.17) is 0 Å². The van der Waals surface area contributed by atoms with E-state index in [2.05, 4.69) is 24.2 Å². The van der Waals surface area contributed by atoms with Gasteiger partial charge in [0.15, 0.2) is 6.04 Å². The normalized spacial score (nSPS) is 12.8. The van der Waals surface area contributed by atoms with Crippen molar-refractivity contribution in [3.8, 4) is 0 Å². The summed E-state index contributed by atoms with van der Waals surface area (Å²) in [6, 6.07) is -2.16. The minimum atomic E-state index is -1.50. The smallest absolute Gasteiger partial charge is 0.279 e. The molecule has 9 heteroatoms. The first-order valence-corrected chi connectivity index (χ1v) is 8.53. The van der Waals surface area contributed by atoms with Crippen LogP contribution in [0.25, 0.3) is 0 Å². The van der Waals surface area contributed by atoms with E-state index in [1.165, 1.54) is 6.92 Å². The van der Waals surface area contributed by atoms with E-state index >= 15 is 0 Å². The highest BCUT2D eigenvalue weighted by Crippen LogP contribution is 2.11. The maximum Gasteiger partial charge on any atom is 0.279 e. The van der Waals surface area contributed by atoms with Gasteiger partial charge < -0.3 is 21.0 Å². The Balaban J connectivity index is 4.51. The van der Waals surface area contributed by atoms with Gasteiger partial charge in [0.2, 0.25) is 10.2 Å². The highest BCUT2D eigenvalue weighted by Gasteiger charge is 2.23. The van der Waals surface area contributed by atoms with E-state index < -0.39 is 24.0 Å². The molecule has 0 spiro atoms. The van der Waals surface area contributed by atoms with E-state index in [1.54, 1.807) is 6.92 Å². The Morgan fingerprint density at radius 3 is 1.87 bits per heavy atom. The topological polar surface area (TPSA) is 131 Å². The molecule has 0 aliphatic heterocycles. The van der Waals surface area contributed by atoms with Gasteiger partial charge in [-0.3, -0.25) is 14.4 Å². The largest absolute Gasteiger partial charge is 0.548 e. The first-order valence-electron chi connectivity index (χ1n) is 6.55. The van der Waals surface area contributed by atoms with Gasteiger partial charge in [0.05, 0.1) is 17.8 Å². The maximum absolute atomic E-state index is 11.9. The van der Waals surface area contributed by atoms with Crippen LogP contribution in [0.1, 0.15) is 13.8 Å². The summed E-state index contributed by atoms with van der Waals surface area (Å²) in [7, 11) is 0. The number of carboxylic acids is 1. The molecule has 0 aromatic rings. The molecule has 0 bridgehead atoms. The zero-order valence-corrected chi connectivity index (χ0v) is 14.7. The molecule has 0 fully saturated rings. The van der Waals surface area contributed by atoms with Gasteiger partial charge in [-0.1, -0.05) is 36.7 Å². The summed E-state index contributed by atoms with van der Waals surface area (Å²) in [5.41, 5.74) is 4.22. The summed E-state index contributed by atoms with van der Waals surface area (Å²) in [5, 5.41) is 12.7. The van der Waals surface area contributed by atoms with Crippen LogP contribution in [-0.2, 0) is 19.2 Å². The van der Waals surface area contributed by atoms with Crippen molar-refractivity contribution in [2.45, 2.75) is 25.9 Å². The minimum Gasteiger partial charge on any atom is -0.548 e. The molecule has 0 radical (unpaired) electrons. The maximum atomic E-state index is 11.9. The summed E-state index contributed by atoms with van der Waals surface area (Å²) < 4.78 is 0. The Kier molecular flexibility index (Phi) is 9.54. The average Bonchev–Trinajstić information content (AvgIpc) is 2.47. The number of carbonyl (C=O) groups excluding carboxylic acids is 4. The van der Waals surface area contributed by atoms with Crippen LogP contribution in [0.15, 0.2) is 24.3 Å². The van der Waals surface area contributed by atoms with Crippen LogP contribution in [0.2, 0.25) is 0 Å². The number of aliphatic carboxylic acids is 1. The van der Waals surface area contributed by atoms with Gasteiger partial charge in [-0.2, -0.15) is 0 Å². The molecule has 0 rings (SSSR count). The summed E-state index contributed by atoms with van der Waals surface area (Å²) in [6.45, 7) is 9.99. The van der Waals surface area contributed by atoms with Crippen molar-refractivity contribution in [2.75, 3.05) is 11.5 Å². The van der Waals surface area contributed by atoms with Crippen LogP contribution in [0.5, 0.6) is 0 Å². The number of quaternary nitrogens is 1. The van der Waals surface area contributed by atoms with Gasteiger partial charge in [-0.15, -0.1) is 0 Å². The van der Waals surface area contributed by atoms with Crippen LogP contribution >= 0.6 is 23.5 Å². The Labute approximate surface area is 143 Å². The highest BCUT2D eigenvalue weighted by molar-refractivity contribution is 8.14. The molecule has 23 heavy (non-hydrogen) atoms. The van der Waals surface area contributed by atoms with Gasteiger partial charge in [-0.05, 0) is 25.0 Å². The standard InChI is InChI=1S/C14H20N2O5S2/c1-7(2)13(20)22-5-9(15)11(17)16-10(12(18)19)6-23-14(21)8(3)4/h9-10H,1,3,5-6,15H2,2,4H3,(H,16,17)(H,18,19)/t9-,10-/m0/s1. The average molecular weight is 360 g/mol. The molecule has 4 N–H and O–H groups in total. The van der Waals surface area contributed by atoms with Gasteiger partial charge in [-0.25, -0.2) is 0 Å². The molecule has 0 saturated heterocycles. The second-order valence-electron chi connectivity index (χ2n) is 4.83. The lowest BCUT2D eigenvalue weighted by Gasteiger charge is -2.20. The second kappa shape index (κ2) is 10.2.